The summed E-state index contributed by atoms with van der Waals surface area (Å²) in [6, 6.07) is 21.1. The molecule has 0 aromatic heterocycles. The molecule has 3 aromatic rings. The summed E-state index contributed by atoms with van der Waals surface area (Å²) in [5.74, 6) is -1.12. The molecule has 0 heterocycles. The number of rotatable bonds is 13. The maximum absolute atomic E-state index is 14.0. The fourth-order valence-electron chi connectivity index (χ4n) is 4.27. The van der Waals surface area contributed by atoms with Gasteiger partial charge in [-0.05, 0) is 53.3 Å². The Balaban J connectivity index is 2.03. The molecule has 3 aromatic carbocycles. The highest BCUT2D eigenvalue weighted by Crippen LogP contribution is 2.21. The molecular weight excluding hydrogens is 529 g/mol. The first kappa shape index (κ1) is 30.8. The van der Waals surface area contributed by atoms with Gasteiger partial charge in [0.1, 0.15) is 18.4 Å². The van der Waals surface area contributed by atoms with Crippen molar-refractivity contribution in [1.29, 1.82) is 0 Å². The number of benzene rings is 3. The first-order valence-electron chi connectivity index (χ1n) is 13.4. The van der Waals surface area contributed by atoms with Gasteiger partial charge in [0.15, 0.2) is 0 Å². The van der Waals surface area contributed by atoms with Crippen molar-refractivity contribution in [3.05, 3.63) is 101 Å². The third-order valence-electron chi connectivity index (χ3n) is 6.53. The van der Waals surface area contributed by atoms with Gasteiger partial charge >= 0.3 is 0 Å². The number of sulfonamides is 1. The first-order chi connectivity index (χ1) is 19.0. The molecule has 0 bridgehead atoms. The molecule has 40 heavy (non-hydrogen) atoms. The van der Waals surface area contributed by atoms with Crippen LogP contribution < -0.4 is 9.62 Å². The fourth-order valence-corrected chi connectivity index (χ4v) is 5.12. The number of aryl methyl sites for hydroxylation is 1. The molecule has 0 saturated heterocycles. The van der Waals surface area contributed by atoms with Crippen LogP contribution in [0.3, 0.4) is 0 Å². The van der Waals surface area contributed by atoms with Gasteiger partial charge < -0.3 is 10.2 Å². The summed E-state index contributed by atoms with van der Waals surface area (Å²) < 4.78 is 40.4. The van der Waals surface area contributed by atoms with E-state index in [-0.39, 0.29) is 24.8 Å². The molecule has 0 spiro atoms. The summed E-state index contributed by atoms with van der Waals surface area (Å²) in [5, 5.41) is 2.94. The van der Waals surface area contributed by atoms with E-state index >= 15 is 0 Å². The molecule has 1 atom stereocenters. The van der Waals surface area contributed by atoms with Crippen molar-refractivity contribution in [1.82, 2.24) is 10.2 Å². The van der Waals surface area contributed by atoms with Crippen molar-refractivity contribution in [2.75, 3.05) is 23.7 Å². The largest absolute Gasteiger partial charge is 0.354 e. The maximum atomic E-state index is 14.0. The lowest BCUT2D eigenvalue weighted by Crippen LogP contribution is -2.53. The van der Waals surface area contributed by atoms with E-state index in [0.717, 1.165) is 28.1 Å². The van der Waals surface area contributed by atoms with Gasteiger partial charge in [-0.2, -0.15) is 0 Å². The number of amides is 2. The van der Waals surface area contributed by atoms with Crippen molar-refractivity contribution in [3.63, 3.8) is 0 Å². The molecule has 0 fully saturated rings. The molecule has 0 aliphatic carbocycles. The molecule has 1 N–H and O–H groups in total. The second-order valence-corrected chi connectivity index (χ2v) is 12.2. The van der Waals surface area contributed by atoms with Crippen LogP contribution in [0.4, 0.5) is 10.1 Å². The highest BCUT2D eigenvalue weighted by molar-refractivity contribution is 7.92. The highest BCUT2D eigenvalue weighted by atomic mass is 32.2. The standard InChI is InChI=1S/C31H38FN3O4S/c1-5-24-13-17-28(18-14-24)35(40(4,38)39)22-30(36)34(21-26-11-15-27(32)16-12-26)29(31(37)33-20-23(2)3)19-25-9-7-6-8-10-25/h6-18,23,29H,5,19-22H2,1-4H3,(H,33,37). The van der Waals surface area contributed by atoms with Crippen molar-refractivity contribution < 1.29 is 22.4 Å². The minimum atomic E-state index is -3.84. The Hall–Kier alpha value is -3.72. The van der Waals surface area contributed by atoms with E-state index in [9.17, 15) is 22.4 Å². The minimum absolute atomic E-state index is 0.00190. The lowest BCUT2D eigenvalue weighted by Gasteiger charge is -2.33. The van der Waals surface area contributed by atoms with Gasteiger partial charge in [0.2, 0.25) is 21.8 Å². The van der Waals surface area contributed by atoms with Crippen molar-refractivity contribution in [3.8, 4) is 0 Å². The van der Waals surface area contributed by atoms with Crippen molar-refractivity contribution in [2.24, 2.45) is 5.92 Å². The Morgan fingerprint density at radius 2 is 1.48 bits per heavy atom. The molecule has 0 saturated carbocycles. The summed E-state index contributed by atoms with van der Waals surface area (Å²) in [7, 11) is -3.84. The second kappa shape index (κ2) is 14.1. The monoisotopic (exact) mass is 567 g/mol. The number of nitrogens with zero attached hydrogens (tertiary/aromatic N) is 2. The molecule has 9 heteroatoms. The summed E-state index contributed by atoms with van der Waals surface area (Å²) >= 11 is 0. The van der Waals surface area contributed by atoms with Gasteiger partial charge in [-0.25, -0.2) is 12.8 Å². The average Bonchev–Trinajstić information content (AvgIpc) is 2.93. The lowest BCUT2D eigenvalue weighted by atomic mass is 10.0. The van der Waals surface area contributed by atoms with Crippen LogP contribution in [-0.4, -0.2) is 50.5 Å². The van der Waals surface area contributed by atoms with Crippen molar-refractivity contribution >= 4 is 27.5 Å². The predicted octanol–water partition coefficient (Wildman–Crippen LogP) is 4.57. The Morgan fingerprint density at radius 1 is 0.875 bits per heavy atom. The summed E-state index contributed by atoms with van der Waals surface area (Å²) in [6.45, 7) is 5.87. The fraction of sp³-hybridized carbons (Fsp3) is 0.355. The quantitative estimate of drug-likeness (QED) is 0.328. The second-order valence-electron chi connectivity index (χ2n) is 10.3. The van der Waals surface area contributed by atoms with Crippen LogP contribution in [0.25, 0.3) is 0 Å². The van der Waals surface area contributed by atoms with Crippen LogP contribution >= 0.6 is 0 Å². The summed E-state index contributed by atoms with van der Waals surface area (Å²) in [6.07, 6.45) is 2.06. The average molecular weight is 568 g/mol. The SMILES string of the molecule is CCc1ccc(N(CC(=O)N(Cc2ccc(F)cc2)C(Cc2ccccc2)C(=O)NCC(C)C)S(C)(=O)=O)cc1. The Labute approximate surface area is 237 Å². The minimum Gasteiger partial charge on any atom is -0.354 e. The number of hydrogen-bond donors (Lipinski definition) is 1. The normalized spacial score (nSPS) is 12.2. The van der Waals surface area contributed by atoms with Gasteiger partial charge in [0.05, 0.1) is 11.9 Å². The first-order valence-corrected chi connectivity index (χ1v) is 15.2. The molecule has 0 radical (unpaired) electrons. The Kier molecular flexibility index (Phi) is 10.8. The third kappa shape index (κ3) is 8.91. The summed E-state index contributed by atoms with van der Waals surface area (Å²) in [4.78, 5) is 29.0. The Morgan fingerprint density at radius 3 is 2.02 bits per heavy atom. The van der Waals surface area contributed by atoms with E-state index in [1.165, 1.54) is 17.0 Å². The van der Waals surface area contributed by atoms with E-state index in [4.69, 9.17) is 0 Å². The van der Waals surface area contributed by atoms with E-state index in [2.05, 4.69) is 5.32 Å². The number of halogens is 1. The summed E-state index contributed by atoms with van der Waals surface area (Å²) in [5.41, 5.74) is 2.85. The van der Waals surface area contributed by atoms with E-state index in [1.54, 1.807) is 24.3 Å². The molecule has 7 nitrogen and oxygen atoms in total. The number of anilines is 1. The highest BCUT2D eigenvalue weighted by Gasteiger charge is 2.33. The third-order valence-corrected chi connectivity index (χ3v) is 7.67. The van der Waals surface area contributed by atoms with Crippen LogP contribution in [0, 0.1) is 11.7 Å². The smallest absolute Gasteiger partial charge is 0.244 e. The maximum Gasteiger partial charge on any atom is 0.244 e. The zero-order valence-corrected chi connectivity index (χ0v) is 24.3. The Bertz CT molecular complexity index is 1360. The van der Waals surface area contributed by atoms with E-state index < -0.39 is 34.3 Å². The van der Waals surface area contributed by atoms with Crippen molar-refractivity contribution in [2.45, 2.75) is 46.2 Å². The van der Waals surface area contributed by atoms with Crippen LogP contribution in [0.5, 0.6) is 0 Å². The molecule has 3 rings (SSSR count). The zero-order valence-electron chi connectivity index (χ0n) is 23.5. The van der Waals surface area contributed by atoms with E-state index in [1.807, 2.05) is 63.2 Å². The van der Waals surface area contributed by atoms with Crippen LogP contribution in [-0.2, 0) is 39.0 Å². The molecule has 2 amide bonds. The zero-order chi connectivity index (χ0) is 29.3. The van der Waals surface area contributed by atoms with Crippen LogP contribution in [0.15, 0.2) is 78.9 Å². The van der Waals surface area contributed by atoms with Gasteiger partial charge in [-0.1, -0.05) is 75.4 Å². The molecular formula is C31H38FN3O4S. The van der Waals surface area contributed by atoms with Crippen LogP contribution in [0.1, 0.15) is 37.5 Å². The lowest BCUT2D eigenvalue weighted by molar-refractivity contribution is -0.140. The van der Waals surface area contributed by atoms with Gasteiger partial charge in [-0.15, -0.1) is 0 Å². The van der Waals surface area contributed by atoms with E-state index in [0.29, 0.717) is 17.8 Å². The number of carbonyl (C=O) groups is 2. The molecule has 1 unspecified atom stereocenters. The molecule has 214 valence electrons. The van der Waals surface area contributed by atoms with Gasteiger partial charge in [-0.3, -0.25) is 13.9 Å². The number of hydrogen-bond acceptors (Lipinski definition) is 4. The predicted molar refractivity (Wildman–Crippen MR) is 157 cm³/mol. The molecule has 0 aliphatic heterocycles. The van der Waals surface area contributed by atoms with Crippen LogP contribution in [0.2, 0.25) is 0 Å². The topological polar surface area (TPSA) is 86.8 Å². The van der Waals surface area contributed by atoms with Gasteiger partial charge in [0, 0.05) is 19.5 Å². The number of nitrogens with one attached hydrogen (secondary N) is 1. The molecule has 0 aliphatic rings. The number of carbonyl (C=O) groups excluding carboxylic acids is 2. The van der Waals surface area contributed by atoms with Gasteiger partial charge in [0.25, 0.3) is 0 Å².